The molecule has 2 heterocycles. The van der Waals surface area contributed by atoms with E-state index in [-0.39, 0.29) is 5.91 Å². The van der Waals surface area contributed by atoms with Gasteiger partial charge in [0.2, 0.25) is 5.91 Å². The lowest BCUT2D eigenvalue weighted by Crippen LogP contribution is -2.37. The maximum absolute atomic E-state index is 12.4. The molecule has 1 aromatic heterocycles. The monoisotopic (exact) mass is 327 g/mol. The van der Waals surface area contributed by atoms with E-state index in [9.17, 15) is 4.79 Å². The van der Waals surface area contributed by atoms with E-state index in [0.717, 1.165) is 30.7 Å². The second kappa shape index (κ2) is 7.53. The minimum Gasteiger partial charge on any atom is -0.496 e. The standard InChI is InChI=1S/C19H25N3O2/c1-21-11-5-8-16(21)17-9-6-12-22(17)14-19(23)20-13-15-7-3-4-10-18(15)24-2/h3-5,7-8,10-11,17H,6,9,12-14H2,1-2H3,(H,20,23)/t17-/m1/s1. The van der Waals surface area contributed by atoms with E-state index in [4.69, 9.17) is 4.74 Å². The molecule has 0 spiro atoms. The lowest BCUT2D eigenvalue weighted by atomic mass is 10.1. The first-order valence-electron chi connectivity index (χ1n) is 8.43. The molecule has 2 aromatic rings. The van der Waals surface area contributed by atoms with Crippen molar-refractivity contribution in [2.24, 2.45) is 7.05 Å². The normalized spacial score (nSPS) is 17.8. The lowest BCUT2D eigenvalue weighted by Gasteiger charge is -2.24. The predicted molar refractivity (Wildman–Crippen MR) is 93.8 cm³/mol. The second-order valence-electron chi connectivity index (χ2n) is 6.26. The summed E-state index contributed by atoms with van der Waals surface area (Å²) < 4.78 is 7.47. The quantitative estimate of drug-likeness (QED) is 0.887. The van der Waals surface area contributed by atoms with Crippen LogP contribution in [-0.2, 0) is 18.4 Å². The summed E-state index contributed by atoms with van der Waals surface area (Å²) in [7, 11) is 3.71. The zero-order valence-electron chi connectivity index (χ0n) is 14.4. The Kier molecular flexibility index (Phi) is 5.20. The molecule has 1 N–H and O–H groups in total. The van der Waals surface area contributed by atoms with Crippen LogP contribution in [0.3, 0.4) is 0 Å². The van der Waals surface area contributed by atoms with Gasteiger partial charge in [0.1, 0.15) is 5.75 Å². The summed E-state index contributed by atoms with van der Waals surface area (Å²) in [6, 6.07) is 12.3. The van der Waals surface area contributed by atoms with Crippen molar-refractivity contribution in [3.63, 3.8) is 0 Å². The minimum absolute atomic E-state index is 0.0574. The number of aryl methyl sites for hydroxylation is 1. The number of amides is 1. The molecule has 1 fully saturated rings. The molecule has 1 aliphatic rings. The zero-order chi connectivity index (χ0) is 16.9. The molecule has 1 atom stereocenters. The third-order valence-corrected chi connectivity index (χ3v) is 4.70. The lowest BCUT2D eigenvalue weighted by molar-refractivity contribution is -0.122. The molecule has 5 heteroatoms. The first kappa shape index (κ1) is 16.6. The first-order valence-corrected chi connectivity index (χ1v) is 8.43. The van der Waals surface area contributed by atoms with Crippen molar-refractivity contribution in [1.82, 2.24) is 14.8 Å². The van der Waals surface area contributed by atoms with E-state index in [1.807, 2.05) is 24.3 Å². The summed E-state index contributed by atoms with van der Waals surface area (Å²) in [6.07, 6.45) is 4.31. The number of nitrogens with zero attached hydrogens (tertiary/aromatic N) is 2. The smallest absolute Gasteiger partial charge is 0.234 e. The van der Waals surface area contributed by atoms with Gasteiger partial charge >= 0.3 is 0 Å². The van der Waals surface area contributed by atoms with Crippen molar-refractivity contribution in [2.45, 2.75) is 25.4 Å². The highest BCUT2D eigenvalue weighted by Gasteiger charge is 2.28. The number of hydrogen-bond acceptors (Lipinski definition) is 3. The number of likely N-dealkylation sites (tertiary alicyclic amines) is 1. The van der Waals surface area contributed by atoms with Crippen LogP contribution in [0.2, 0.25) is 0 Å². The Morgan fingerprint density at radius 3 is 2.88 bits per heavy atom. The van der Waals surface area contributed by atoms with Crippen molar-refractivity contribution in [1.29, 1.82) is 0 Å². The third kappa shape index (κ3) is 3.62. The molecule has 0 unspecified atom stereocenters. The molecule has 24 heavy (non-hydrogen) atoms. The van der Waals surface area contributed by atoms with Crippen LogP contribution in [0.1, 0.15) is 30.1 Å². The van der Waals surface area contributed by atoms with Crippen molar-refractivity contribution in [2.75, 3.05) is 20.2 Å². The number of benzene rings is 1. The summed E-state index contributed by atoms with van der Waals surface area (Å²) in [5, 5.41) is 3.01. The van der Waals surface area contributed by atoms with Crippen molar-refractivity contribution < 1.29 is 9.53 Å². The highest BCUT2D eigenvalue weighted by Crippen LogP contribution is 2.31. The minimum atomic E-state index is 0.0574. The number of rotatable bonds is 6. The largest absolute Gasteiger partial charge is 0.496 e. The molecule has 3 rings (SSSR count). The molecule has 1 aromatic carbocycles. The molecular weight excluding hydrogens is 302 g/mol. The number of carbonyl (C=O) groups is 1. The fourth-order valence-electron chi connectivity index (χ4n) is 3.45. The molecule has 1 aliphatic heterocycles. The second-order valence-corrected chi connectivity index (χ2v) is 6.26. The van der Waals surface area contributed by atoms with Crippen molar-refractivity contribution in [3.8, 4) is 5.75 Å². The van der Waals surface area contributed by atoms with Gasteiger partial charge in [-0.3, -0.25) is 9.69 Å². The van der Waals surface area contributed by atoms with Crippen LogP contribution in [0.15, 0.2) is 42.6 Å². The van der Waals surface area contributed by atoms with Crippen LogP contribution in [0.25, 0.3) is 0 Å². The Labute approximate surface area is 143 Å². The van der Waals surface area contributed by atoms with E-state index in [2.05, 4.69) is 40.2 Å². The maximum atomic E-state index is 12.4. The maximum Gasteiger partial charge on any atom is 0.234 e. The Morgan fingerprint density at radius 2 is 2.12 bits per heavy atom. The number of ether oxygens (including phenoxy) is 1. The number of methoxy groups -OCH3 is 1. The highest BCUT2D eigenvalue weighted by molar-refractivity contribution is 5.78. The van der Waals surface area contributed by atoms with E-state index in [1.165, 1.54) is 5.69 Å². The molecule has 0 saturated carbocycles. The van der Waals surface area contributed by atoms with Crippen molar-refractivity contribution >= 4 is 5.91 Å². The Hall–Kier alpha value is -2.27. The molecule has 1 amide bonds. The van der Waals surface area contributed by atoms with Crippen LogP contribution < -0.4 is 10.1 Å². The molecule has 1 saturated heterocycles. The number of carbonyl (C=O) groups excluding carboxylic acids is 1. The van der Waals surface area contributed by atoms with Gasteiger partial charge in [-0.05, 0) is 37.6 Å². The summed E-state index contributed by atoms with van der Waals surface area (Å²) >= 11 is 0. The van der Waals surface area contributed by atoms with Gasteiger partial charge in [0.15, 0.2) is 0 Å². The molecule has 5 nitrogen and oxygen atoms in total. The van der Waals surface area contributed by atoms with Crippen LogP contribution in [0.5, 0.6) is 5.75 Å². The number of para-hydroxylation sites is 1. The van der Waals surface area contributed by atoms with E-state index in [0.29, 0.717) is 19.1 Å². The Bertz CT molecular complexity index is 695. The van der Waals surface area contributed by atoms with Crippen molar-refractivity contribution in [3.05, 3.63) is 53.9 Å². The fraction of sp³-hybridized carbons (Fsp3) is 0.421. The van der Waals surface area contributed by atoms with E-state index < -0.39 is 0 Å². The fourth-order valence-corrected chi connectivity index (χ4v) is 3.45. The van der Waals surface area contributed by atoms with Crippen LogP contribution in [0.4, 0.5) is 0 Å². The van der Waals surface area contributed by atoms with Gasteiger partial charge in [-0.25, -0.2) is 0 Å². The van der Waals surface area contributed by atoms with Gasteiger partial charge < -0.3 is 14.6 Å². The highest BCUT2D eigenvalue weighted by atomic mass is 16.5. The zero-order valence-corrected chi connectivity index (χ0v) is 14.4. The summed E-state index contributed by atoms with van der Waals surface area (Å²) in [5.74, 6) is 0.864. The molecule has 128 valence electrons. The number of nitrogens with one attached hydrogen (secondary N) is 1. The number of hydrogen-bond donors (Lipinski definition) is 1. The van der Waals surface area contributed by atoms with E-state index >= 15 is 0 Å². The van der Waals surface area contributed by atoms with Crippen LogP contribution in [0, 0.1) is 0 Å². The molecule has 0 aliphatic carbocycles. The van der Waals surface area contributed by atoms with Gasteiger partial charge in [0.05, 0.1) is 19.7 Å². The predicted octanol–water partition coefficient (Wildman–Crippen LogP) is 2.49. The average molecular weight is 327 g/mol. The first-order chi connectivity index (χ1) is 11.7. The van der Waals surface area contributed by atoms with E-state index in [1.54, 1.807) is 7.11 Å². The molecule has 0 bridgehead atoms. The summed E-state index contributed by atoms with van der Waals surface area (Å²) in [6.45, 7) is 1.90. The van der Waals surface area contributed by atoms with Crippen LogP contribution in [-0.4, -0.2) is 35.6 Å². The SMILES string of the molecule is COc1ccccc1CNC(=O)CN1CCC[C@@H]1c1cccn1C. The Morgan fingerprint density at radius 1 is 1.29 bits per heavy atom. The number of aromatic nitrogens is 1. The van der Waals surface area contributed by atoms with Gasteiger partial charge in [-0.1, -0.05) is 18.2 Å². The topological polar surface area (TPSA) is 46.5 Å². The third-order valence-electron chi connectivity index (χ3n) is 4.70. The van der Waals surface area contributed by atoms with Gasteiger partial charge in [0, 0.05) is 31.0 Å². The summed E-state index contributed by atoms with van der Waals surface area (Å²) in [4.78, 5) is 14.6. The van der Waals surface area contributed by atoms with Gasteiger partial charge in [0.25, 0.3) is 0 Å². The average Bonchev–Trinajstić information content (AvgIpc) is 3.21. The molecule has 0 radical (unpaired) electrons. The summed E-state index contributed by atoms with van der Waals surface area (Å²) in [5.41, 5.74) is 2.28. The van der Waals surface area contributed by atoms with Crippen LogP contribution >= 0.6 is 0 Å². The van der Waals surface area contributed by atoms with Gasteiger partial charge in [-0.2, -0.15) is 0 Å². The molecular formula is C19H25N3O2. The van der Waals surface area contributed by atoms with Gasteiger partial charge in [-0.15, -0.1) is 0 Å². The Balaban J connectivity index is 1.57.